The summed E-state index contributed by atoms with van der Waals surface area (Å²) < 4.78 is -1.50. The van der Waals surface area contributed by atoms with Gasteiger partial charge in [-0.25, -0.2) is 0 Å². The fourth-order valence-electron chi connectivity index (χ4n) is 7.73. The topological polar surface area (TPSA) is 81.2 Å². The van der Waals surface area contributed by atoms with Crippen molar-refractivity contribution in [3.05, 3.63) is 24.3 Å². The third-order valence-corrected chi connectivity index (χ3v) is 10.5. The van der Waals surface area contributed by atoms with Gasteiger partial charge in [0.1, 0.15) is 6.04 Å². The van der Waals surface area contributed by atoms with E-state index in [1.807, 2.05) is 24.0 Å². The first-order valence-electron chi connectivity index (χ1n) is 14.0. The minimum absolute atomic E-state index is 0.00105. The standard InChI is InChI=1S/C30H47N3O4S/c1-19(2)16-20(17-34)33-23-26(37)32(28(6,7)18-27(3,4)5)15-11-13-30(23)22(25(33)36)21-24(35)31(9)14-10-12-29(21,8)38-30/h10-13,19-23,34H,14-18H2,1-9H3/t20-,21-,22+,23?,29+,30+/m1/s1. The lowest BCUT2D eigenvalue weighted by Gasteiger charge is -2.46. The van der Waals surface area contributed by atoms with Crippen molar-refractivity contribution in [2.75, 3.05) is 26.7 Å². The predicted molar refractivity (Wildman–Crippen MR) is 152 cm³/mol. The summed E-state index contributed by atoms with van der Waals surface area (Å²) in [5, 5.41) is 10.5. The molecule has 0 aliphatic carbocycles. The number of carbonyl (C=O) groups excluding carboxylic acids is 3. The van der Waals surface area contributed by atoms with Gasteiger partial charge >= 0.3 is 0 Å². The van der Waals surface area contributed by atoms with Gasteiger partial charge in [0.05, 0.1) is 29.2 Å². The summed E-state index contributed by atoms with van der Waals surface area (Å²) in [5.41, 5.74) is -0.445. The molecule has 0 radical (unpaired) electrons. The molecule has 0 aromatic heterocycles. The summed E-state index contributed by atoms with van der Waals surface area (Å²) in [4.78, 5) is 48.4. The maximum Gasteiger partial charge on any atom is 0.247 e. The number of nitrogens with zero attached hydrogens (tertiary/aromatic N) is 3. The Kier molecular flexibility index (Phi) is 7.44. The molecule has 7 nitrogen and oxygen atoms in total. The van der Waals surface area contributed by atoms with Crippen LogP contribution in [0.5, 0.6) is 0 Å². The van der Waals surface area contributed by atoms with E-state index in [1.54, 1.807) is 28.6 Å². The van der Waals surface area contributed by atoms with E-state index in [-0.39, 0.29) is 35.7 Å². The molecule has 0 saturated carbocycles. The molecule has 38 heavy (non-hydrogen) atoms. The highest BCUT2D eigenvalue weighted by molar-refractivity contribution is 8.02. The van der Waals surface area contributed by atoms with Gasteiger partial charge in [-0.15, -0.1) is 11.8 Å². The molecule has 3 amide bonds. The summed E-state index contributed by atoms with van der Waals surface area (Å²) in [6.07, 6.45) is 9.59. The van der Waals surface area contributed by atoms with Gasteiger partial charge in [0.2, 0.25) is 17.7 Å². The highest BCUT2D eigenvalue weighted by atomic mass is 32.2. The van der Waals surface area contributed by atoms with Crippen LogP contribution in [0.2, 0.25) is 0 Å². The SMILES string of the molecule is CC(C)C[C@H](CO)N1C(=O)[C@@H]2[C@@H]3C(=O)N(C)CC=C[C@]3(C)S[C@@]23C=CCN(C(C)(C)CC(C)(C)C)C(=O)C13. The largest absolute Gasteiger partial charge is 0.394 e. The number of carbonyl (C=O) groups is 3. The third-order valence-electron chi connectivity index (χ3n) is 8.74. The van der Waals surface area contributed by atoms with Crippen LogP contribution in [0.25, 0.3) is 0 Å². The lowest BCUT2D eigenvalue weighted by Crippen LogP contribution is -2.60. The molecule has 0 aromatic carbocycles. The lowest BCUT2D eigenvalue weighted by atomic mass is 9.74. The minimum atomic E-state index is -0.886. The Labute approximate surface area is 233 Å². The number of aliphatic hydroxyl groups is 1. The van der Waals surface area contributed by atoms with Crippen LogP contribution < -0.4 is 0 Å². The Morgan fingerprint density at radius 2 is 1.63 bits per heavy atom. The molecule has 212 valence electrons. The fourth-order valence-corrected chi connectivity index (χ4v) is 9.88. The first-order valence-corrected chi connectivity index (χ1v) is 14.9. The summed E-state index contributed by atoms with van der Waals surface area (Å²) in [6.45, 7) is 17.6. The van der Waals surface area contributed by atoms with Gasteiger partial charge in [0.15, 0.2) is 0 Å². The van der Waals surface area contributed by atoms with E-state index in [4.69, 9.17) is 0 Å². The molecule has 4 heterocycles. The molecule has 1 spiro atoms. The highest BCUT2D eigenvalue weighted by Gasteiger charge is 2.74. The Balaban J connectivity index is 1.90. The molecule has 4 rings (SSSR count). The number of rotatable bonds is 6. The fraction of sp³-hybridized carbons (Fsp3) is 0.767. The number of hydrogen-bond acceptors (Lipinski definition) is 5. The van der Waals surface area contributed by atoms with Crippen molar-refractivity contribution in [2.45, 2.75) is 95.3 Å². The average Bonchev–Trinajstić information content (AvgIpc) is 3.05. The molecule has 6 atom stereocenters. The number of likely N-dealkylation sites (N-methyl/N-ethyl adjacent to an activating group) is 1. The average molecular weight is 546 g/mol. The number of likely N-dealkylation sites (tertiary alicyclic amines) is 1. The van der Waals surface area contributed by atoms with Crippen LogP contribution in [-0.2, 0) is 14.4 Å². The van der Waals surface area contributed by atoms with Crippen molar-refractivity contribution in [2.24, 2.45) is 23.2 Å². The molecule has 8 heteroatoms. The van der Waals surface area contributed by atoms with Crippen LogP contribution in [0, 0.1) is 23.2 Å². The van der Waals surface area contributed by atoms with E-state index in [9.17, 15) is 19.5 Å². The smallest absolute Gasteiger partial charge is 0.247 e. The van der Waals surface area contributed by atoms with Gasteiger partial charge in [-0.05, 0) is 44.9 Å². The summed E-state index contributed by atoms with van der Waals surface area (Å²) in [6, 6.07) is -1.27. The Morgan fingerprint density at radius 3 is 2.21 bits per heavy atom. The zero-order valence-corrected chi connectivity index (χ0v) is 25.5. The summed E-state index contributed by atoms with van der Waals surface area (Å²) in [7, 11) is 1.78. The molecule has 0 bridgehead atoms. The number of hydrogen-bond donors (Lipinski definition) is 1. The maximum absolute atomic E-state index is 14.8. The van der Waals surface area contributed by atoms with E-state index < -0.39 is 39.0 Å². The highest BCUT2D eigenvalue weighted by Crippen LogP contribution is 2.66. The number of thioether (sulfide) groups is 1. The van der Waals surface area contributed by atoms with E-state index in [0.29, 0.717) is 19.5 Å². The van der Waals surface area contributed by atoms with Crippen LogP contribution in [0.4, 0.5) is 0 Å². The van der Waals surface area contributed by atoms with Gasteiger partial charge in [-0.3, -0.25) is 14.4 Å². The van der Waals surface area contributed by atoms with E-state index >= 15 is 0 Å². The molecule has 1 unspecified atom stereocenters. The second-order valence-electron chi connectivity index (χ2n) is 14.2. The van der Waals surface area contributed by atoms with E-state index in [1.165, 1.54) is 0 Å². The molecule has 4 aliphatic heterocycles. The number of amides is 3. The molecule has 1 N–H and O–H groups in total. The van der Waals surface area contributed by atoms with Crippen LogP contribution in [0.1, 0.15) is 68.2 Å². The van der Waals surface area contributed by atoms with Crippen LogP contribution in [-0.4, -0.2) is 91.4 Å². The number of fused-ring (bicyclic) bond motifs is 2. The van der Waals surface area contributed by atoms with Crippen molar-refractivity contribution in [1.29, 1.82) is 0 Å². The monoisotopic (exact) mass is 545 g/mol. The molecular formula is C30H47N3O4S. The quantitative estimate of drug-likeness (QED) is 0.515. The second kappa shape index (κ2) is 9.69. The third kappa shape index (κ3) is 4.63. The normalized spacial score (nSPS) is 34.4. The zero-order chi connectivity index (χ0) is 28.4. The van der Waals surface area contributed by atoms with E-state index in [0.717, 1.165) is 6.42 Å². The number of aliphatic hydroxyl groups excluding tert-OH is 1. The van der Waals surface area contributed by atoms with Crippen molar-refractivity contribution in [3.63, 3.8) is 0 Å². The van der Waals surface area contributed by atoms with Crippen molar-refractivity contribution in [1.82, 2.24) is 14.7 Å². The molecule has 2 saturated heterocycles. The van der Waals surface area contributed by atoms with Crippen LogP contribution in [0.15, 0.2) is 24.3 Å². The Hall–Kier alpha value is -1.80. The maximum atomic E-state index is 14.8. The summed E-state index contributed by atoms with van der Waals surface area (Å²) in [5.74, 6) is -1.34. The predicted octanol–water partition coefficient (Wildman–Crippen LogP) is 3.72. The van der Waals surface area contributed by atoms with Crippen LogP contribution >= 0.6 is 11.8 Å². The van der Waals surface area contributed by atoms with Gasteiger partial charge in [0, 0.05) is 30.4 Å². The van der Waals surface area contributed by atoms with Crippen molar-refractivity contribution in [3.8, 4) is 0 Å². The van der Waals surface area contributed by atoms with Crippen molar-refractivity contribution >= 4 is 29.5 Å². The molecule has 0 aromatic rings. The molecule has 2 fully saturated rings. The Morgan fingerprint density at radius 1 is 1.00 bits per heavy atom. The molecular weight excluding hydrogens is 498 g/mol. The molecule has 4 aliphatic rings. The van der Waals surface area contributed by atoms with E-state index in [2.05, 4.69) is 60.6 Å². The van der Waals surface area contributed by atoms with Gasteiger partial charge in [-0.1, -0.05) is 58.9 Å². The second-order valence-corrected chi connectivity index (χ2v) is 16.0. The van der Waals surface area contributed by atoms with Gasteiger partial charge < -0.3 is 19.8 Å². The zero-order valence-electron chi connectivity index (χ0n) is 24.7. The minimum Gasteiger partial charge on any atom is -0.394 e. The summed E-state index contributed by atoms with van der Waals surface area (Å²) >= 11 is 1.60. The van der Waals surface area contributed by atoms with Gasteiger partial charge in [-0.2, -0.15) is 0 Å². The first-order chi connectivity index (χ1) is 17.5. The Bertz CT molecular complexity index is 1050. The van der Waals surface area contributed by atoms with Crippen LogP contribution in [0.3, 0.4) is 0 Å². The van der Waals surface area contributed by atoms with Gasteiger partial charge in [0.25, 0.3) is 0 Å². The first kappa shape index (κ1) is 29.2. The lowest BCUT2D eigenvalue weighted by molar-refractivity contribution is -0.150. The van der Waals surface area contributed by atoms with Crippen molar-refractivity contribution < 1.29 is 19.5 Å².